The van der Waals surface area contributed by atoms with Gasteiger partial charge in [-0.3, -0.25) is 4.99 Å². The van der Waals surface area contributed by atoms with Crippen LogP contribution in [0.25, 0.3) is 0 Å². The number of nitrogens with one attached hydrogen (secondary N) is 1. The summed E-state index contributed by atoms with van der Waals surface area (Å²) in [4.78, 5) is 4.68. The molecule has 5 nitrogen and oxygen atoms in total. The Hall–Kier alpha value is -1.05. The van der Waals surface area contributed by atoms with Crippen molar-refractivity contribution in [3.8, 4) is 0 Å². The standard InChI is InChI=1S/C12H17N3O2S2/c1-12(2)6-7-18-11(15-12)14-9-4-3-5-10(8-9)19(13,16)17/h3-5,8H,6-7H2,1-2H3,(H,14,15)(H2,13,16,17). The van der Waals surface area contributed by atoms with Crippen molar-refractivity contribution in [2.75, 3.05) is 11.1 Å². The van der Waals surface area contributed by atoms with E-state index in [0.717, 1.165) is 17.3 Å². The van der Waals surface area contributed by atoms with E-state index in [1.807, 2.05) is 0 Å². The van der Waals surface area contributed by atoms with Crippen molar-refractivity contribution in [3.63, 3.8) is 0 Å². The van der Waals surface area contributed by atoms with Gasteiger partial charge in [-0.05, 0) is 38.5 Å². The maximum Gasteiger partial charge on any atom is 0.238 e. The third-order valence-electron chi connectivity index (χ3n) is 2.77. The highest BCUT2D eigenvalue weighted by Gasteiger charge is 2.22. The average molecular weight is 299 g/mol. The third kappa shape index (κ3) is 3.95. The molecule has 1 aliphatic rings. The van der Waals surface area contributed by atoms with Crippen LogP contribution >= 0.6 is 11.8 Å². The SMILES string of the molecule is CC1(C)CCSC(Nc2cccc(S(N)(=O)=O)c2)=N1. The van der Waals surface area contributed by atoms with Gasteiger partial charge in [-0.2, -0.15) is 0 Å². The van der Waals surface area contributed by atoms with Gasteiger partial charge in [-0.25, -0.2) is 13.6 Å². The average Bonchev–Trinajstić information content (AvgIpc) is 2.26. The minimum absolute atomic E-state index is 0.0782. The lowest BCUT2D eigenvalue weighted by atomic mass is 10.0. The molecule has 19 heavy (non-hydrogen) atoms. The predicted molar refractivity (Wildman–Crippen MR) is 80.0 cm³/mol. The number of benzene rings is 1. The Morgan fingerprint density at radius 3 is 2.79 bits per heavy atom. The quantitative estimate of drug-likeness (QED) is 0.875. The first-order valence-corrected chi connectivity index (χ1v) is 8.42. The molecule has 0 amide bonds. The van der Waals surface area contributed by atoms with Crippen LogP contribution in [0.5, 0.6) is 0 Å². The van der Waals surface area contributed by atoms with Gasteiger partial charge in [-0.15, -0.1) is 0 Å². The second-order valence-corrected chi connectivity index (χ2v) is 7.67. The van der Waals surface area contributed by atoms with Gasteiger partial charge >= 0.3 is 0 Å². The van der Waals surface area contributed by atoms with Crippen molar-refractivity contribution < 1.29 is 8.42 Å². The molecule has 3 N–H and O–H groups in total. The molecule has 0 saturated heterocycles. The fourth-order valence-electron chi connectivity index (χ4n) is 1.70. The number of nitrogens with two attached hydrogens (primary N) is 1. The summed E-state index contributed by atoms with van der Waals surface area (Å²) in [6.07, 6.45) is 1.03. The number of hydrogen-bond acceptors (Lipinski definition) is 5. The molecule has 0 bridgehead atoms. The first-order valence-electron chi connectivity index (χ1n) is 5.89. The van der Waals surface area contributed by atoms with E-state index in [-0.39, 0.29) is 10.4 Å². The zero-order valence-electron chi connectivity index (χ0n) is 10.9. The summed E-state index contributed by atoms with van der Waals surface area (Å²) in [6.45, 7) is 4.16. The van der Waals surface area contributed by atoms with Crippen LogP contribution in [0.4, 0.5) is 5.69 Å². The molecule has 0 atom stereocenters. The second-order valence-electron chi connectivity index (χ2n) is 5.03. The summed E-state index contributed by atoms with van der Waals surface area (Å²) in [5.74, 6) is 0.994. The van der Waals surface area contributed by atoms with Crippen LogP contribution in [0.2, 0.25) is 0 Å². The fourth-order valence-corrected chi connectivity index (χ4v) is 3.56. The number of thioether (sulfide) groups is 1. The number of amidine groups is 1. The van der Waals surface area contributed by atoms with Crippen LogP contribution in [0.3, 0.4) is 0 Å². The Morgan fingerprint density at radius 2 is 2.16 bits per heavy atom. The molecule has 1 aromatic rings. The summed E-state index contributed by atoms with van der Waals surface area (Å²) in [6, 6.07) is 6.43. The molecule has 2 rings (SSSR count). The molecule has 0 spiro atoms. The lowest BCUT2D eigenvalue weighted by Gasteiger charge is -2.26. The highest BCUT2D eigenvalue weighted by molar-refractivity contribution is 8.14. The smallest absolute Gasteiger partial charge is 0.238 e. The molecule has 0 saturated carbocycles. The van der Waals surface area contributed by atoms with Crippen LogP contribution in [-0.2, 0) is 10.0 Å². The van der Waals surface area contributed by atoms with Gasteiger partial charge < -0.3 is 5.32 Å². The Labute approximate surface area is 117 Å². The normalized spacial score (nSPS) is 18.8. The zero-order valence-corrected chi connectivity index (χ0v) is 12.5. The van der Waals surface area contributed by atoms with Crippen molar-refractivity contribution in [1.29, 1.82) is 0 Å². The van der Waals surface area contributed by atoms with Crippen molar-refractivity contribution in [1.82, 2.24) is 0 Å². The lowest BCUT2D eigenvalue weighted by molar-refractivity contribution is 0.507. The minimum atomic E-state index is -3.68. The van der Waals surface area contributed by atoms with Crippen LogP contribution in [0.15, 0.2) is 34.2 Å². The Bertz CT molecular complexity index is 609. The lowest BCUT2D eigenvalue weighted by Crippen LogP contribution is -2.27. The molecule has 0 radical (unpaired) electrons. The fraction of sp³-hybridized carbons (Fsp3) is 0.417. The van der Waals surface area contributed by atoms with E-state index in [1.54, 1.807) is 23.9 Å². The van der Waals surface area contributed by atoms with Gasteiger partial charge in [0.25, 0.3) is 0 Å². The largest absolute Gasteiger partial charge is 0.335 e. The third-order valence-corrected chi connectivity index (χ3v) is 4.56. The van der Waals surface area contributed by atoms with E-state index < -0.39 is 10.0 Å². The Morgan fingerprint density at radius 1 is 1.42 bits per heavy atom. The van der Waals surface area contributed by atoms with E-state index in [9.17, 15) is 8.42 Å². The monoisotopic (exact) mass is 299 g/mol. The van der Waals surface area contributed by atoms with Gasteiger partial charge in [0.05, 0.1) is 10.4 Å². The molecule has 0 unspecified atom stereocenters. The highest BCUT2D eigenvalue weighted by atomic mass is 32.2. The predicted octanol–water partition coefficient (Wildman–Crippen LogP) is 2.02. The van der Waals surface area contributed by atoms with Crippen LogP contribution in [0.1, 0.15) is 20.3 Å². The van der Waals surface area contributed by atoms with Crippen LogP contribution in [-0.4, -0.2) is 24.9 Å². The van der Waals surface area contributed by atoms with Gasteiger partial charge in [0.15, 0.2) is 5.17 Å². The van der Waals surface area contributed by atoms with E-state index in [0.29, 0.717) is 5.69 Å². The topological polar surface area (TPSA) is 84.5 Å². The Kier molecular flexibility index (Phi) is 3.89. The van der Waals surface area contributed by atoms with Gasteiger partial charge in [0.2, 0.25) is 10.0 Å². The molecule has 7 heteroatoms. The zero-order chi connectivity index (χ0) is 14.1. The van der Waals surface area contributed by atoms with Crippen molar-refractivity contribution >= 4 is 32.6 Å². The molecule has 0 aliphatic carbocycles. The summed E-state index contributed by atoms with van der Waals surface area (Å²) in [5, 5.41) is 9.06. The van der Waals surface area contributed by atoms with Crippen molar-refractivity contribution in [2.24, 2.45) is 10.1 Å². The van der Waals surface area contributed by atoms with E-state index in [2.05, 4.69) is 24.2 Å². The molecule has 0 fully saturated rings. The molecule has 1 aromatic carbocycles. The summed E-state index contributed by atoms with van der Waals surface area (Å²) in [5.41, 5.74) is 0.598. The maximum atomic E-state index is 11.3. The number of primary sulfonamides is 1. The van der Waals surface area contributed by atoms with E-state index in [1.165, 1.54) is 12.1 Å². The van der Waals surface area contributed by atoms with E-state index in [4.69, 9.17) is 5.14 Å². The second kappa shape index (κ2) is 5.15. The molecule has 1 aliphatic heterocycles. The van der Waals surface area contributed by atoms with Crippen LogP contribution < -0.4 is 10.5 Å². The summed E-state index contributed by atoms with van der Waals surface area (Å²) >= 11 is 1.63. The molecule has 104 valence electrons. The molecule has 1 heterocycles. The first-order chi connectivity index (χ1) is 8.76. The minimum Gasteiger partial charge on any atom is -0.335 e. The van der Waals surface area contributed by atoms with Gasteiger partial charge in [0, 0.05) is 11.4 Å². The number of nitrogens with zero attached hydrogens (tertiary/aromatic N) is 1. The van der Waals surface area contributed by atoms with Crippen molar-refractivity contribution in [2.45, 2.75) is 30.7 Å². The molecular weight excluding hydrogens is 282 g/mol. The first kappa shape index (κ1) is 14.4. The van der Waals surface area contributed by atoms with E-state index >= 15 is 0 Å². The highest BCUT2D eigenvalue weighted by Crippen LogP contribution is 2.27. The molecular formula is C12H17N3O2S2. The Balaban J connectivity index is 2.23. The number of sulfonamides is 1. The van der Waals surface area contributed by atoms with Gasteiger partial charge in [0.1, 0.15) is 0 Å². The molecule has 0 aromatic heterocycles. The summed E-state index contributed by atoms with van der Waals surface area (Å²) < 4.78 is 22.6. The van der Waals surface area contributed by atoms with Crippen LogP contribution in [0, 0.1) is 0 Å². The summed E-state index contributed by atoms with van der Waals surface area (Å²) in [7, 11) is -3.68. The number of anilines is 1. The number of hydrogen-bond donors (Lipinski definition) is 2. The number of rotatable bonds is 2. The van der Waals surface area contributed by atoms with Crippen molar-refractivity contribution in [3.05, 3.63) is 24.3 Å². The van der Waals surface area contributed by atoms with Gasteiger partial charge in [-0.1, -0.05) is 17.8 Å². The number of aliphatic imine (C=N–C) groups is 1. The maximum absolute atomic E-state index is 11.3.